The van der Waals surface area contributed by atoms with E-state index >= 15 is 0 Å². The zero-order valence-electron chi connectivity index (χ0n) is 8.67. The molecule has 86 valence electrons. The third-order valence-electron chi connectivity index (χ3n) is 2.53. The van der Waals surface area contributed by atoms with E-state index in [0.29, 0.717) is 24.6 Å². The van der Waals surface area contributed by atoms with E-state index in [9.17, 15) is 4.79 Å². The maximum atomic E-state index is 11.6. The predicted molar refractivity (Wildman–Crippen MR) is 59.6 cm³/mol. The largest absolute Gasteiger partial charge is 0.466 e. The first kappa shape index (κ1) is 11.6. The van der Waals surface area contributed by atoms with Crippen molar-refractivity contribution in [2.24, 2.45) is 5.92 Å². The van der Waals surface area contributed by atoms with E-state index in [2.05, 4.69) is 9.97 Å². The summed E-state index contributed by atoms with van der Waals surface area (Å²) < 4.78 is 4.96. The molecule has 16 heavy (non-hydrogen) atoms. The van der Waals surface area contributed by atoms with E-state index in [1.165, 1.54) is 0 Å². The molecule has 1 heterocycles. The minimum Gasteiger partial charge on any atom is -0.466 e. The normalized spacial score (nSPS) is 18.3. The Morgan fingerprint density at radius 3 is 2.88 bits per heavy atom. The number of hydrogen-bond donors (Lipinski definition) is 0. The van der Waals surface area contributed by atoms with Gasteiger partial charge in [-0.3, -0.25) is 4.79 Å². The van der Waals surface area contributed by atoms with E-state index in [-0.39, 0.29) is 17.2 Å². The Labute approximate surface area is 103 Å². The molecule has 4 nitrogen and oxygen atoms in total. The van der Waals surface area contributed by atoms with E-state index in [1.54, 1.807) is 6.92 Å². The average Bonchev–Trinajstić information content (AvgIpc) is 2.62. The molecule has 1 aliphatic rings. The van der Waals surface area contributed by atoms with Crippen molar-refractivity contribution >= 4 is 29.2 Å². The number of ether oxygens (including phenoxy) is 1. The molecular formula is C10H10Cl2N2O2. The summed E-state index contributed by atoms with van der Waals surface area (Å²) in [4.78, 5) is 19.5. The Balaban J connectivity index is 2.21. The molecule has 0 saturated heterocycles. The second kappa shape index (κ2) is 4.55. The van der Waals surface area contributed by atoms with Gasteiger partial charge in [0.15, 0.2) is 0 Å². The fraction of sp³-hybridized carbons (Fsp3) is 0.500. The lowest BCUT2D eigenvalue weighted by molar-refractivity contribution is -0.147. The van der Waals surface area contributed by atoms with Crippen molar-refractivity contribution in [2.45, 2.75) is 19.8 Å². The maximum absolute atomic E-state index is 11.6. The van der Waals surface area contributed by atoms with Gasteiger partial charge in [0, 0.05) is 12.0 Å². The lowest BCUT2D eigenvalue weighted by Gasteiger charge is -2.06. The van der Waals surface area contributed by atoms with Crippen molar-refractivity contribution in [3.05, 3.63) is 21.7 Å². The minimum absolute atomic E-state index is 0.119. The average molecular weight is 261 g/mol. The molecule has 0 saturated carbocycles. The standard InChI is InChI=1S/C10H10Cl2N2O2/c1-2-16-9(15)5-3-6-7(4-5)13-10(12)14-8(6)11/h5H,2-4H2,1H3. The van der Waals surface area contributed by atoms with Gasteiger partial charge in [0.05, 0.1) is 18.2 Å². The molecule has 0 fully saturated rings. The highest BCUT2D eigenvalue weighted by molar-refractivity contribution is 6.32. The monoisotopic (exact) mass is 260 g/mol. The number of hydrogen-bond acceptors (Lipinski definition) is 4. The number of fused-ring (bicyclic) bond motifs is 1. The first-order valence-corrected chi connectivity index (χ1v) is 5.74. The van der Waals surface area contributed by atoms with E-state index in [0.717, 1.165) is 11.3 Å². The van der Waals surface area contributed by atoms with Gasteiger partial charge in [0.25, 0.3) is 0 Å². The molecule has 1 aromatic rings. The van der Waals surface area contributed by atoms with Crippen LogP contribution in [0, 0.1) is 5.92 Å². The van der Waals surface area contributed by atoms with Crippen molar-refractivity contribution in [1.29, 1.82) is 0 Å². The second-order valence-corrected chi connectivity index (χ2v) is 4.26. The van der Waals surface area contributed by atoms with Crippen LogP contribution in [-0.4, -0.2) is 22.5 Å². The van der Waals surface area contributed by atoms with E-state index in [4.69, 9.17) is 27.9 Å². The van der Waals surface area contributed by atoms with Crippen LogP contribution < -0.4 is 0 Å². The minimum atomic E-state index is -0.215. The highest BCUT2D eigenvalue weighted by Gasteiger charge is 2.32. The molecule has 1 aromatic heterocycles. The molecule has 1 unspecified atom stereocenters. The Bertz CT molecular complexity index is 437. The van der Waals surface area contributed by atoms with E-state index in [1.807, 2.05) is 0 Å². The summed E-state index contributed by atoms with van der Waals surface area (Å²) in [7, 11) is 0. The Morgan fingerprint density at radius 1 is 1.44 bits per heavy atom. The van der Waals surface area contributed by atoms with Crippen molar-refractivity contribution < 1.29 is 9.53 Å². The third kappa shape index (κ3) is 2.13. The third-order valence-corrected chi connectivity index (χ3v) is 3.01. The molecular weight excluding hydrogens is 251 g/mol. The van der Waals surface area contributed by atoms with Gasteiger partial charge in [-0.2, -0.15) is 0 Å². The fourth-order valence-electron chi connectivity index (χ4n) is 1.82. The number of esters is 1. The highest BCUT2D eigenvalue weighted by Crippen LogP contribution is 2.31. The van der Waals surface area contributed by atoms with Crippen molar-refractivity contribution in [2.75, 3.05) is 6.61 Å². The number of carbonyl (C=O) groups is 1. The first-order valence-electron chi connectivity index (χ1n) is 4.99. The maximum Gasteiger partial charge on any atom is 0.309 e. The van der Waals surface area contributed by atoms with Crippen molar-refractivity contribution in [3.63, 3.8) is 0 Å². The zero-order chi connectivity index (χ0) is 11.7. The van der Waals surface area contributed by atoms with Gasteiger partial charge >= 0.3 is 5.97 Å². The fourth-order valence-corrected chi connectivity index (χ4v) is 2.32. The number of nitrogens with zero attached hydrogens (tertiary/aromatic N) is 2. The Morgan fingerprint density at radius 2 is 2.19 bits per heavy atom. The smallest absolute Gasteiger partial charge is 0.309 e. The SMILES string of the molecule is CCOC(=O)C1Cc2nc(Cl)nc(Cl)c2C1. The van der Waals surface area contributed by atoms with Gasteiger partial charge in [-0.15, -0.1) is 0 Å². The molecule has 0 bridgehead atoms. The summed E-state index contributed by atoms with van der Waals surface area (Å²) in [6, 6.07) is 0. The summed E-state index contributed by atoms with van der Waals surface area (Å²) >= 11 is 11.6. The molecule has 0 N–H and O–H groups in total. The Kier molecular flexibility index (Phi) is 3.30. The molecule has 6 heteroatoms. The lowest BCUT2D eigenvalue weighted by Crippen LogP contribution is -2.17. The Hall–Kier alpha value is -0.870. The van der Waals surface area contributed by atoms with Crippen molar-refractivity contribution in [3.8, 4) is 0 Å². The van der Waals surface area contributed by atoms with Gasteiger partial charge in [0.1, 0.15) is 5.15 Å². The van der Waals surface area contributed by atoms with Crippen LogP contribution in [0.15, 0.2) is 0 Å². The topological polar surface area (TPSA) is 52.1 Å². The van der Waals surface area contributed by atoms with Crippen LogP contribution in [0.4, 0.5) is 0 Å². The van der Waals surface area contributed by atoms with Gasteiger partial charge < -0.3 is 4.74 Å². The molecule has 1 aliphatic carbocycles. The number of rotatable bonds is 2. The predicted octanol–water partition coefficient (Wildman–Crippen LogP) is 2.06. The molecule has 1 atom stereocenters. The molecule has 0 spiro atoms. The molecule has 0 amide bonds. The first-order chi connectivity index (χ1) is 7.61. The van der Waals surface area contributed by atoms with Crippen LogP contribution in [0.5, 0.6) is 0 Å². The molecule has 2 rings (SSSR count). The highest BCUT2D eigenvalue weighted by atomic mass is 35.5. The summed E-state index contributed by atoms with van der Waals surface area (Å²) in [5.41, 5.74) is 1.56. The summed E-state index contributed by atoms with van der Waals surface area (Å²) in [5.74, 6) is -0.423. The van der Waals surface area contributed by atoms with Gasteiger partial charge in [0.2, 0.25) is 5.28 Å². The molecule has 0 radical (unpaired) electrons. The number of halogens is 2. The quantitative estimate of drug-likeness (QED) is 0.464. The van der Waals surface area contributed by atoms with Crippen LogP contribution in [0.25, 0.3) is 0 Å². The van der Waals surface area contributed by atoms with E-state index < -0.39 is 0 Å². The van der Waals surface area contributed by atoms with Crippen LogP contribution >= 0.6 is 23.2 Å². The van der Waals surface area contributed by atoms with Crippen LogP contribution in [0.1, 0.15) is 18.2 Å². The summed E-state index contributed by atoms with van der Waals surface area (Å²) in [6.45, 7) is 2.16. The number of carbonyl (C=O) groups excluding carboxylic acids is 1. The van der Waals surface area contributed by atoms with Crippen LogP contribution in [0.2, 0.25) is 10.4 Å². The van der Waals surface area contributed by atoms with Crippen LogP contribution in [0.3, 0.4) is 0 Å². The van der Waals surface area contributed by atoms with Gasteiger partial charge in [-0.25, -0.2) is 9.97 Å². The summed E-state index contributed by atoms with van der Waals surface area (Å²) in [5, 5.41) is 0.454. The van der Waals surface area contributed by atoms with Gasteiger partial charge in [-0.1, -0.05) is 11.6 Å². The lowest BCUT2D eigenvalue weighted by atomic mass is 10.1. The van der Waals surface area contributed by atoms with Crippen LogP contribution in [-0.2, 0) is 22.4 Å². The number of aromatic nitrogens is 2. The second-order valence-electron chi connectivity index (χ2n) is 3.57. The van der Waals surface area contributed by atoms with Gasteiger partial charge in [-0.05, 0) is 24.9 Å². The molecule has 0 aromatic carbocycles. The summed E-state index contributed by atoms with van der Waals surface area (Å²) in [6.07, 6.45) is 1.06. The van der Waals surface area contributed by atoms with Crippen molar-refractivity contribution in [1.82, 2.24) is 9.97 Å². The zero-order valence-corrected chi connectivity index (χ0v) is 10.2. The molecule has 0 aliphatic heterocycles.